The molecule has 2 aromatic carbocycles. The third-order valence-corrected chi connectivity index (χ3v) is 4.22. The summed E-state index contributed by atoms with van der Waals surface area (Å²) in [6.07, 6.45) is 4.46. The van der Waals surface area contributed by atoms with Gasteiger partial charge in [0.05, 0.1) is 17.5 Å². The Morgan fingerprint density at radius 1 is 0.889 bits per heavy atom. The molecule has 0 aliphatic carbocycles. The minimum atomic E-state index is -0.349. The van der Waals surface area contributed by atoms with Gasteiger partial charge in [0.15, 0.2) is 0 Å². The number of hydrogen-bond acceptors (Lipinski definition) is 3. The highest BCUT2D eigenvalue weighted by molar-refractivity contribution is 6.12. The Morgan fingerprint density at radius 3 is 2.44 bits per heavy atom. The number of aryl methyl sites for hydroxylation is 1. The second-order valence-corrected chi connectivity index (χ2v) is 6.09. The van der Waals surface area contributed by atoms with Gasteiger partial charge in [0.1, 0.15) is 5.76 Å². The van der Waals surface area contributed by atoms with E-state index in [4.69, 9.17) is 4.42 Å². The summed E-state index contributed by atoms with van der Waals surface area (Å²) < 4.78 is 5.15. The van der Waals surface area contributed by atoms with Crippen molar-refractivity contribution in [3.05, 3.63) is 89.4 Å². The summed E-state index contributed by atoms with van der Waals surface area (Å²) in [5, 5.41) is 5.65. The van der Waals surface area contributed by atoms with Crippen molar-refractivity contribution >= 4 is 29.3 Å². The number of carbonyl (C=O) groups is 2. The molecule has 3 rings (SSSR count). The van der Waals surface area contributed by atoms with E-state index >= 15 is 0 Å². The summed E-state index contributed by atoms with van der Waals surface area (Å²) in [5.41, 5.74) is 3.68. The van der Waals surface area contributed by atoms with E-state index in [1.165, 1.54) is 12.3 Å². The fraction of sp³-hybridized carbons (Fsp3) is 0.0909. The van der Waals surface area contributed by atoms with Gasteiger partial charge in [-0.2, -0.15) is 0 Å². The quantitative estimate of drug-likeness (QED) is 0.642. The van der Waals surface area contributed by atoms with E-state index < -0.39 is 0 Å². The number of anilines is 2. The van der Waals surface area contributed by atoms with E-state index in [9.17, 15) is 9.59 Å². The SMILES string of the molecule is Cc1cccc(NC(=O)c2ccccc2NC(=O)/C=C/c2ccco2)c1C. The molecule has 2 amide bonds. The van der Waals surface area contributed by atoms with Crippen LogP contribution < -0.4 is 10.6 Å². The first-order chi connectivity index (χ1) is 13.0. The maximum atomic E-state index is 12.7. The minimum absolute atomic E-state index is 0.283. The first-order valence-corrected chi connectivity index (χ1v) is 8.54. The number of furan rings is 1. The lowest BCUT2D eigenvalue weighted by atomic mass is 10.1. The predicted molar refractivity (Wildman–Crippen MR) is 107 cm³/mol. The maximum absolute atomic E-state index is 12.7. The van der Waals surface area contributed by atoms with Crippen LogP contribution in [-0.2, 0) is 4.79 Å². The highest BCUT2D eigenvalue weighted by Crippen LogP contribution is 2.21. The Morgan fingerprint density at radius 2 is 1.67 bits per heavy atom. The van der Waals surface area contributed by atoms with Gasteiger partial charge in [-0.3, -0.25) is 9.59 Å². The zero-order chi connectivity index (χ0) is 19.2. The average Bonchev–Trinajstić information content (AvgIpc) is 3.18. The molecule has 27 heavy (non-hydrogen) atoms. The van der Waals surface area contributed by atoms with Gasteiger partial charge in [0.25, 0.3) is 5.91 Å². The van der Waals surface area contributed by atoms with E-state index in [1.54, 1.807) is 42.5 Å². The summed E-state index contributed by atoms with van der Waals surface area (Å²) in [4.78, 5) is 24.9. The molecule has 0 aliphatic heterocycles. The topological polar surface area (TPSA) is 71.3 Å². The van der Waals surface area contributed by atoms with Gasteiger partial charge in [-0.15, -0.1) is 0 Å². The molecule has 5 nitrogen and oxygen atoms in total. The number of amides is 2. The predicted octanol–water partition coefficient (Wildman–Crippen LogP) is 4.80. The van der Waals surface area contributed by atoms with Gasteiger partial charge in [0, 0.05) is 11.8 Å². The van der Waals surface area contributed by atoms with Crippen molar-refractivity contribution in [2.24, 2.45) is 0 Å². The largest absolute Gasteiger partial charge is 0.465 e. The van der Waals surface area contributed by atoms with Crippen molar-refractivity contribution in [2.75, 3.05) is 10.6 Å². The molecule has 1 heterocycles. The molecule has 0 spiro atoms. The van der Waals surface area contributed by atoms with Gasteiger partial charge in [-0.05, 0) is 61.4 Å². The molecule has 1 aromatic heterocycles. The fourth-order valence-corrected chi connectivity index (χ4v) is 2.58. The van der Waals surface area contributed by atoms with Crippen LogP contribution in [0.5, 0.6) is 0 Å². The Bertz CT molecular complexity index is 989. The summed E-state index contributed by atoms with van der Waals surface area (Å²) in [7, 11) is 0. The first kappa shape index (κ1) is 18.2. The molecular weight excluding hydrogens is 340 g/mol. The Kier molecular flexibility index (Phi) is 5.52. The van der Waals surface area contributed by atoms with Crippen molar-refractivity contribution in [3.8, 4) is 0 Å². The van der Waals surface area contributed by atoms with Crippen molar-refractivity contribution in [1.82, 2.24) is 0 Å². The van der Waals surface area contributed by atoms with Crippen LogP contribution in [0.25, 0.3) is 6.08 Å². The highest BCUT2D eigenvalue weighted by Gasteiger charge is 2.13. The van der Waals surface area contributed by atoms with Gasteiger partial charge in [-0.25, -0.2) is 0 Å². The molecule has 3 aromatic rings. The Labute approximate surface area is 157 Å². The molecule has 0 saturated carbocycles. The second kappa shape index (κ2) is 8.19. The van der Waals surface area contributed by atoms with Gasteiger partial charge >= 0.3 is 0 Å². The van der Waals surface area contributed by atoms with Crippen molar-refractivity contribution < 1.29 is 14.0 Å². The highest BCUT2D eigenvalue weighted by atomic mass is 16.3. The zero-order valence-electron chi connectivity index (χ0n) is 15.2. The first-order valence-electron chi connectivity index (χ1n) is 8.54. The van der Waals surface area contributed by atoms with Gasteiger partial charge in [0.2, 0.25) is 5.91 Å². The van der Waals surface area contributed by atoms with Crippen LogP contribution in [0, 0.1) is 13.8 Å². The van der Waals surface area contributed by atoms with Crippen LogP contribution in [0.1, 0.15) is 27.2 Å². The summed E-state index contributed by atoms with van der Waals surface area (Å²) in [6.45, 7) is 3.95. The van der Waals surface area contributed by atoms with Crippen LogP contribution in [0.2, 0.25) is 0 Å². The summed E-state index contributed by atoms with van der Waals surface area (Å²) >= 11 is 0. The molecular formula is C22H20N2O3. The normalized spacial score (nSPS) is 10.7. The number of carbonyl (C=O) groups excluding carboxylic acids is 2. The number of rotatable bonds is 5. The molecule has 0 atom stereocenters. The molecule has 136 valence electrons. The van der Waals surface area contributed by atoms with Crippen LogP contribution in [0.4, 0.5) is 11.4 Å². The number of hydrogen-bond donors (Lipinski definition) is 2. The third-order valence-electron chi connectivity index (χ3n) is 4.22. The van der Waals surface area contributed by atoms with Crippen LogP contribution in [0.3, 0.4) is 0 Å². The van der Waals surface area contributed by atoms with Crippen LogP contribution >= 0.6 is 0 Å². The van der Waals surface area contributed by atoms with Crippen molar-refractivity contribution in [3.63, 3.8) is 0 Å². The zero-order valence-corrected chi connectivity index (χ0v) is 15.2. The van der Waals surface area contributed by atoms with Crippen LogP contribution in [-0.4, -0.2) is 11.8 Å². The molecule has 2 N–H and O–H groups in total. The van der Waals surface area contributed by atoms with E-state index in [0.29, 0.717) is 17.0 Å². The van der Waals surface area contributed by atoms with Crippen LogP contribution in [0.15, 0.2) is 71.4 Å². The number of benzene rings is 2. The molecule has 0 aliphatic rings. The van der Waals surface area contributed by atoms with E-state index in [2.05, 4.69) is 10.6 Å². The number of nitrogens with one attached hydrogen (secondary N) is 2. The van der Waals surface area contributed by atoms with Gasteiger partial charge < -0.3 is 15.1 Å². The smallest absolute Gasteiger partial charge is 0.257 e. The fourth-order valence-electron chi connectivity index (χ4n) is 2.58. The lowest BCUT2D eigenvalue weighted by Gasteiger charge is -2.13. The molecule has 5 heteroatoms. The van der Waals surface area contributed by atoms with Crippen molar-refractivity contribution in [1.29, 1.82) is 0 Å². The lowest BCUT2D eigenvalue weighted by molar-refractivity contribution is -0.111. The molecule has 0 unspecified atom stereocenters. The lowest BCUT2D eigenvalue weighted by Crippen LogP contribution is -2.17. The number of para-hydroxylation sites is 1. The second-order valence-electron chi connectivity index (χ2n) is 6.09. The van der Waals surface area contributed by atoms with E-state index in [0.717, 1.165) is 16.8 Å². The molecule has 0 bridgehead atoms. The Hall–Kier alpha value is -3.60. The van der Waals surface area contributed by atoms with E-state index in [1.807, 2.05) is 32.0 Å². The van der Waals surface area contributed by atoms with E-state index in [-0.39, 0.29) is 11.8 Å². The maximum Gasteiger partial charge on any atom is 0.257 e. The minimum Gasteiger partial charge on any atom is -0.465 e. The third kappa shape index (κ3) is 4.52. The molecule has 0 radical (unpaired) electrons. The summed E-state index contributed by atoms with van der Waals surface area (Å²) in [5.74, 6) is -0.0564. The average molecular weight is 360 g/mol. The Balaban J connectivity index is 1.76. The van der Waals surface area contributed by atoms with Crippen molar-refractivity contribution in [2.45, 2.75) is 13.8 Å². The van der Waals surface area contributed by atoms with Gasteiger partial charge in [-0.1, -0.05) is 24.3 Å². The molecule has 0 saturated heterocycles. The monoisotopic (exact) mass is 360 g/mol. The standard InChI is InChI=1S/C22H20N2O3/c1-15-7-5-11-19(16(15)2)24-22(26)18-9-3-4-10-20(18)23-21(25)13-12-17-8-6-14-27-17/h3-14H,1-2H3,(H,23,25)(H,24,26)/b13-12+. The molecule has 0 fully saturated rings. The summed E-state index contributed by atoms with van der Waals surface area (Å²) in [6, 6.07) is 16.1.